The fraction of sp³-hybridized carbons (Fsp3) is 0.571. The van der Waals surface area contributed by atoms with Gasteiger partial charge in [0.2, 0.25) is 0 Å². The van der Waals surface area contributed by atoms with Gasteiger partial charge >= 0.3 is 0 Å². The molecule has 18 heavy (non-hydrogen) atoms. The Labute approximate surface area is 107 Å². The number of nitrogens with one attached hydrogen (secondary N) is 1. The molecule has 4 heteroatoms. The molecule has 0 heterocycles. The molecule has 3 N–H and O–H groups in total. The number of hydrazine groups is 1. The highest BCUT2D eigenvalue weighted by Crippen LogP contribution is 2.39. The number of halogens is 1. The average Bonchev–Trinajstić information content (AvgIpc) is 2.29. The third-order valence-corrected chi connectivity index (χ3v) is 4.17. The highest BCUT2D eigenvalue weighted by Gasteiger charge is 2.44. The lowest BCUT2D eigenvalue weighted by Gasteiger charge is -2.46. The number of hydrogen-bond donors (Lipinski definition) is 2. The smallest absolute Gasteiger partial charge is 0.123 e. The van der Waals surface area contributed by atoms with Gasteiger partial charge in [-0.1, -0.05) is 6.07 Å². The molecular weight excluding hydrogens is 231 g/mol. The van der Waals surface area contributed by atoms with Crippen molar-refractivity contribution in [2.24, 2.45) is 5.84 Å². The number of benzene rings is 1. The molecule has 1 saturated carbocycles. The molecule has 0 radical (unpaired) electrons. The highest BCUT2D eigenvalue weighted by atomic mass is 19.1. The van der Waals surface area contributed by atoms with Crippen LogP contribution in [0.5, 0.6) is 0 Å². The summed E-state index contributed by atoms with van der Waals surface area (Å²) in [6.07, 6.45) is 3.99. The molecule has 1 fully saturated rings. The Morgan fingerprint density at radius 3 is 2.67 bits per heavy atom. The largest absolute Gasteiger partial charge is 0.377 e. The van der Waals surface area contributed by atoms with Crippen molar-refractivity contribution in [1.29, 1.82) is 0 Å². The quantitative estimate of drug-likeness (QED) is 0.623. The summed E-state index contributed by atoms with van der Waals surface area (Å²) in [6.45, 7) is 1.92. The molecule has 0 amide bonds. The van der Waals surface area contributed by atoms with E-state index in [1.165, 1.54) is 12.5 Å². The summed E-state index contributed by atoms with van der Waals surface area (Å²) in [7, 11) is 1.74. The number of methoxy groups -OCH3 is 1. The minimum atomic E-state index is -0.196. The third kappa shape index (κ3) is 2.41. The fourth-order valence-corrected chi connectivity index (χ4v) is 2.73. The number of rotatable bonds is 5. The number of nitrogens with two attached hydrogens (primary N) is 1. The van der Waals surface area contributed by atoms with E-state index in [2.05, 4.69) is 5.43 Å². The minimum absolute atomic E-state index is 0.0698. The second-order valence-corrected chi connectivity index (χ2v) is 5.12. The molecule has 100 valence electrons. The first-order valence-corrected chi connectivity index (χ1v) is 6.37. The number of aryl methyl sites for hydroxylation is 1. The first-order valence-electron chi connectivity index (χ1n) is 6.37. The fourth-order valence-electron chi connectivity index (χ4n) is 2.73. The van der Waals surface area contributed by atoms with Crippen molar-refractivity contribution < 1.29 is 9.13 Å². The Morgan fingerprint density at radius 2 is 2.22 bits per heavy atom. The molecule has 1 aromatic rings. The van der Waals surface area contributed by atoms with E-state index in [1.807, 2.05) is 13.0 Å². The topological polar surface area (TPSA) is 47.3 Å². The van der Waals surface area contributed by atoms with Crippen LogP contribution >= 0.6 is 0 Å². The SMILES string of the molecule is COC1(C(Cc2ccc(F)cc2C)NN)CCC1. The van der Waals surface area contributed by atoms with Crippen LogP contribution in [0.2, 0.25) is 0 Å². The van der Waals surface area contributed by atoms with Crippen molar-refractivity contribution in [2.45, 2.75) is 44.2 Å². The summed E-state index contributed by atoms with van der Waals surface area (Å²) >= 11 is 0. The molecule has 1 unspecified atom stereocenters. The van der Waals surface area contributed by atoms with Crippen molar-refractivity contribution in [2.75, 3.05) is 7.11 Å². The summed E-state index contributed by atoms with van der Waals surface area (Å²) in [5.41, 5.74) is 4.78. The van der Waals surface area contributed by atoms with E-state index in [0.29, 0.717) is 0 Å². The van der Waals surface area contributed by atoms with Gasteiger partial charge in [0.25, 0.3) is 0 Å². The predicted octanol–water partition coefficient (Wildman–Crippen LogP) is 2.08. The maximum Gasteiger partial charge on any atom is 0.123 e. The van der Waals surface area contributed by atoms with Crippen molar-refractivity contribution in [3.8, 4) is 0 Å². The van der Waals surface area contributed by atoms with Gasteiger partial charge in [0.05, 0.1) is 11.6 Å². The third-order valence-electron chi connectivity index (χ3n) is 4.17. The minimum Gasteiger partial charge on any atom is -0.377 e. The van der Waals surface area contributed by atoms with E-state index in [1.54, 1.807) is 13.2 Å². The van der Waals surface area contributed by atoms with Gasteiger partial charge in [0.1, 0.15) is 5.82 Å². The Kier molecular flexibility index (Phi) is 4.00. The van der Waals surface area contributed by atoms with Gasteiger partial charge in [-0.05, 0) is 55.9 Å². The Bertz CT molecular complexity index is 413. The maximum atomic E-state index is 13.1. The molecule has 1 aromatic carbocycles. The van der Waals surface area contributed by atoms with Crippen molar-refractivity contribution in [1.82, 2.24) is 5.43 Å². The van der Waals surface area contributed by atoms with E-state index in [9.17, 15) is 4.39 Å². The van der Waals surface area contributed by atoms with Crippen molar-refractivity contribution in [3.63, 3.8) is 0 Å². The van der Waals surface area contributed by atoms with Crippen LogP contribution in [-0.2, 0) is 11.2 Å². The zero-order valence-electron chi connectivity index (χ0n) is 11.0. The zero-order valence-corrected chi connectivity index (χ0v) is 11.0. The zero-order chi connectivity index (χ0) is 13.2. The normalized spacial score (nSPS) is 19.3. The maximum absolute atomic E-state index is 13.1. The second kappa shape index (κ2) is 5.34. The summed E-state index contributed by atoms with van der Waals surface area (Å²) in [5, 5.41) is 0. The van der Waals surface area contributed by atoms with E-state index < -0.39 is 0 Å². The van der Waals surface area contributed by atoms with E-state index in [-0.39, 0.29) is 17.5 Å². The summed E-state index contributed by atoms with van der Waals surface area (Å²) in [6, 6.07) is 4.96. The van der Waals surface area contributed by atoms with Gasteiger partial charge in [-0.25, -0.2) is 4.39 Å². The highest BCUT2D eigenvalue weighted by molar-refractivity contribution is 5.28. The van der Waals surface area contributed by atoms with Crippen LogP contribution in [0.1, 0.15) is 30.4 Å². The van der Waals surface area contributed by atoms with Gasteiger partial charge in [0.15, 0.2) is 0 Å². The molecule has 0 bridgehead atoms. The summed E-state index contributed by atoms with van der Waals surface area (Å²) < 4.78 is 18.7. The Balaban J connectivity index is 2.15. The van der Waals surface area contributed by atoms with Gasteiger partial charge < -0.3 is 4.74 Å². The molecule has 0 aliphatic heterocycles. The summed E-state index contributed by atoms with van der Waals surface area (Å²) in [4.78, 5) is 0. The lowest BCUT2D eigenvalue weighted by atomic mass is 9.72. The van der Waals surface area contributed by atoms with Crippen molar-refractivity contribution >= 4 is 0 Å². The molecule has 0 aromatic heterocycles. The standard InChI is InChI=1S/C14H21FN2O/c1-10-8-12(15)5-4-11(10)9-13(17-16)14(18-2)6-3-7-14/h4-5,8,13,17H,3,6-7,9,16H2,1-2H3. The van der Waals surface area contributed by atoms with Crippen LogP contribution in [0.3, 0.4) is 0 Å². The molecule has 1 aliphatic carbocycles. The first kappa shape index (κ1) is 13.5. The number of hydrogen-bond acceptors (Lipinski definition) is 3. The lowest BCUT2D eigenvalue weighted by molar-refractivity contribution is -0.0982. The van der Waals surface area contributed by atoms with E-state index in [0.717, 1.165) is 30.4 Å². The van der Waals surface area contributed by atoms with E-state index in [4.69, 9.17) is 10.6 Å². The van der Waals surface area contributed by atoms with E-state index >= 15 is 0 Å². The number of ether oxygens (including phenoxy) is 1. The second-order valence-electron chi connectivity index (χ2n) is 5.12. The van der Waals surface area contributed by atoms with Crippen LogP contribution in [0.15, 0.2) is 18.2 Å². The lowest BCUT2D eigenvalue weighted by Crippen LogP contribution is -2.59. The molecule has 0 spiro atoms. The van der Waals surface area contributed by atoms with Gasteiger partial charge in [-0.15, -0.1) is 0 Å². The van der Waals surface area contributed by atoms with Crippen LogP contribution < -0.4 is 11.3 Å². The van der Waals surface area contributed by atoms with Gasteiger partial charge in [-0.3, -0.25) is 11.3 Å². The van der Waals surface area contributed by atoms with Crippen LogP contribution in [0.4, 0.5) is 4.39 Å². The molecule has 0 saturated heterocycles. The molecule has 1 aliphatic rings. The molecule has 3 nitrogen and oxygen atoms in total. The van der Waals surface area contributed by atoms with Crippen molar-refractivity contribution in [3.05, 3.63) is 35.1 Å². The average molecular weight is 252 g/mol. The Morgan fingerprint density at radius 1 is 1.50 bits per heavy atom. The van der Waals surface area contributed by atoms with Crippen LogP contribution in [-0.4, -0.2) is 18.8 Å². The van der Waals surface area contributed by atoms with Crippen LogP contribution in [0, 0.1) is 12.7 Å². The molecular formula is C14H21FN2O. The molecule has 2 rings (SSSR count). The summed E-state index contributed by atoms with van der Waals surface area (Å²) in [5.74, 6) is 5.47. The first-order chi connectivity index (χ1) is 8.61. The Hall–Kier alpha value is -0.970. The monoisotopic (exact) mass is 252 g/mol. The van der Waals surface area contributed by atoms with Gasteiger partial charge in [0, 0.05) is 7.11 Å². The predicted molar refractivity (Wildman–Crippen MR) is 69.5 cm³/mol. The van der Waals surface area contributed by atoms with Crippen LogP contribution in [0.25, 0.3) is 0 Å². The molecule has 1 atom stereocenters. The van der Waals surface area contributed by atoms with Gasteiger partial charge in [-0.2, -0.15) is 0 Å².